The zero-order valence-corrected chi connectivity index (χ0v) is 10.4. The summed E-state index contributed by atoms with van der Waals surface area (Å²) in [5, 5.41) is 0. The largest absolute Gasteiger partial charge is 0.427 e. The second kappa shape index (κ2) is 6.01. The van der Waals surface area contributed by atoms with Crippen LogP contribution in [0.25, 0.3) is 0 Å². The predicted molar refractivity (Wildman–Crippen MR) is 71.8 cm³/mol. The maximum Gasteiger partial charge on any atom is 0.338 e. The standard InChI is InChI=1S/C16H16O2/c1-13(11-12-14-7-3-2-4-8-14)16(17)18-15-9-5-6-10-15/h2-9,11H,10,12H2,1H3. The molecule has 0 bridgehead atoms. The van der Waals surface area contributed by atoms with Gasteiger partial charge in [-0.15, -0.1) is 0 Å². The monoisotopic (exact) mass is 240 g/mol. The zero-order chi connectivity index (χ0) is 12.8. The van der Waals surface area contributed by atoms with Crippen LogP contribution in [0.1, 0.15) is 18.9 Å². The number of hydrogen-bond donors (Lipinski definition) is 0. The van der Waals surface area contributed by atoms with Crippen LogP contribution in [0.5, 0.6) is 0 Å². The first kappa shape index (κ1) is 12.4. The topological polar surface area (TPSA) is 26.3 Å². The Kier molecular flexibility index (Phi) is 4.13. The number of rotatable bonds is 4. The van der Waals surface area contributed by atoms with Crippen molar-refractivity contribution in [3.8, 4) is 0 Å². The first-order valence-corrected chi connectivity index (χ1v) is 6.04. The Hall–Kier alpha value is -2.09. The van der Waals surface area contributed by atoms with Crippen LogP contribution in [0.15, 0.2) is 66.0 Å². The Morgan fingerprint density at radius 1 is 1.33 bits per heavy atom. The van der Waals surface area contributed by atoms with Crippen molar-refractivity contribution < 1.29 is 9.53 Å². The van der Waals surface area contributed by atoms with Crippen LogP contribution in [-0.4, -0.2) is 5.97 Å². The summed E-state index contributed by atoms with van der Waals surface area (Å²) in [5.74, 6) is 0.452. The molecule has 0 saturated carbocycles. The highest BCUT2D eigenvalue weighted by atomic mass is 16.5. The highest BCUT2D eigenvalue weighted by Crippen LogP contribution is 2.14. The van der Waals surface area contributed by atoms with Gasteiger partial charge in [-0.25, -0.2) is 4.79 Å². The molecule has 0 amide bonds. The molecule has 2 rings (SSSR count). The number of hydrogen-bond acceptors (Lipinski definition) is 2. The van der Waals surface area contributed by atoms with Crippen LogP contribution in [0.3, 0.4) is 0 Å². The van der Waals surface area contributed by atoms with Gasteiger partial charge in [0.2, 0.25) is 0 Å². The van der Waals surface area contributed by atoms with Crippen LogP contribution in [-0.2, 0) is 16.0 Å². The minimum Gasteiger partial charge on any atom is -0.427 e. The smallest absolute Gasteiger partial charge is 0.338 e. The molecule has 1 aliphatic rings. The minimum atomic E-state index is -0.263. The van der Waals surface area contributed by atoms with E-state index in [0.717, 1.165) is 6.42 Å². The van der Waals surface area contributed by atoms with E-state index in [1.807, 2.05) is 54.6 Å². The molecule has 0 aromatic heterocycles. The van der Waals surface area contributed by atoms with Gasteiger partial charge < -0.3 is 4.74 Å². The van der Waals surface area contributed by atoms with E-state index in [1.165, 1.54) is 5.56 Å². The molecule has 0 unspecified atom stereocenters. The Morgan fingerprint density at radius 3 is 2.78 bits per heavy atom. The van der Waals surface area contributed by atoms with Crippen LogP contribution in [0.4, 0.5) is 0 Å². The van der Waals surface area contributed by atoms with E-state index in [9.17, 15) is 4.79 Å². The van der Waals surface area contributed by atoms with Gasteiger partial charge in [-0.05, 0) is 25.0 Å². The molecule has 18 heavy (non-hydrogen) atoms. The number of carbonyl (C=O) groups excluding carboxylic acids is 1. The number of allylic oxidation sites excluding steroid dienone is 4. The van der Waals surface area contributed by atoms with Gasteiger partial charge in [0.1, 0.15) is 5.76 Å². The quantitative estimate of drug-likeness (QED) is 0.594. The number of ether oxygens (including phenoxy) is 1. The second-order valence-corrected chi connectivity index (χ2v) is 4.23. The average Bonchev–Trinajstić information content (AvgIpc) is 2.90. The van der Waals surface area contributed by atoms with Crippen molar-refractivity contribution >= 4 is 5.97 Å². The van der Waals surface area contributed by atoms with Crippen molar-refractivity contribution in [2.45, 2.75) is 19.8 Å². The Morgan fingerprint density at radius 2 is 2.11 bits per heavy atom. The first-order chi connectivity index (χ1) is 8.75. The van der Waals surface area contributed by atoms with Crippen molar-refractivity contribution in [1.82, 2.24) is 0 Å². The van der Waals surface area contributed by atoms with Gasteiger partial charge in [0, 0.05) is 12.0 Å². The fourth-order valence-electron chi connectivity index (χ4n) is 1.67. The summed E-state index contributed by atoms with van der Waals surface area (Å²) in [7, 11) is 0. The summed E-state index contributed by atoms with van der Waals surface area (Å²) in [6.07, 6.45) is 9.04. The molecular formula is C16H16O2. The van der Waals surface area contributed by atoms with E-state index in [1.54, 1.807) is 6.92 Å². The first-order valence-electron chi connectivity index (χ1n) is 6.04. The van der Waals surface area contributed by atoms with Gasteiger partial charge in [-0.1, -0.05) is 48.6 Å². The van der Waals surface area contributed by atoms with Crippen molar-refractivity contribution in [2.75, 3.05) is 0 Å². The fourth-order valence-corrected chi connectivity index (χ4v) is 1.67. The molecule has 92 valence electrons. The number of esters is 1. The minimum absolute atomic E-state index is 0.263. The van der Waals surface area contributed by atoms with E-state index < -0.39 is 0 Å². The summed E-state index contributed by atoms with van der Waals surface area (Å²) in [4.78, 5) is 11.8. The lowest BCUT2D eigenvalue weighted by Crippen LogP contribution is -2.05. The molecule has 1 aromatic carbocycles. The van der Waals surface area contributed by atoms with Crippen LogP contribution in [0, 0.1) is 0 Å². The Balaban J connectivity index is 1.90. The van der Waals surface area contributed by atoms with Crippen LogP contribution in [0.2, 0.25) is 0 Å². The molecular weight excluding hydrogens is 224 g/mol. The van der Waals surface area contributed by atoms with Gasteiger partial charge in [-0.3, -0.25) is 0 Å². The van der Waals surface area contributed by atoms with Gasteiger partial charge in [-0.2, -0.15) is 0 Å². The van der Waals surface area contributed by atoms with Crippen molar-refractivity contribution in [2.24, 2.45) is 0 Å². The third kappa shape index (κ3) is 3.45. The zero-order valence-electron chi connectivity index (χ0n) is 10.4. The average molecular weight is 240 g/mol. The Bertz CT molecular complexity index is 507. The van der Waals surface area contributed by atoms with E-state index >= 15 is 0 Å². The molecule has 2 heteroatoms. The third-order valence-electron chi connectivity index (χ3n) is 2.77. The molecule has 2 nitrogen and oxygen atoms in total. The number of benzene rings is 1. The van der Waals surface area contributed by atoms with Gasteiger partial charge >= 0.3 is 5.97 Å². The summed E-state index contributed by atoms with van der Waals surface area (Å²) >= 11 is 0. The Labute approximate surface area is 107 Å². The molecule has 0 spiro atoms. The molecule has 0 N–H and O–H groups in total. The molecule has 0 atom stereocenters. The van der Waals surface area contributed by atoms with E-state index in [2.05, 4.69) is 0 Å². The molecule has 0 saturated heterocycles. The van der Waals surface area contributed by atoms with Crippen molar-refractivity contribution in [3.63, 3.8) is 0 Å². The van der Waals surface area contributed by atoms with E-state index in [0.29, 0.717) is 17.8 Å². The van der Waals surface area contributed by atoms with E-state index in [-0.39, 0.29) is 5.97 Å². The van der Waals surface area contributed by atoms with Gasteiger partial charge in [0.05, 0.1) is 0 Å². The molecule has 0 aliphatic heterocycles. The summed E-state index contributed by atoms with van der Waals surface area (Å²) in [5.41, 5.74) is 1.83. The summed E-state index contributed by atoms with van der Waals surface area (Å²) in [6, 6.07) is 10.0. The molecule has 1 aliphatic carbocycles. The van der Waals surface area contributed by atoms with Crippen molar-refractivity contribution in [3.05, 3.63) is 71.5 Å². The maximum atomic E-state index is 11.8. The number of carbonyl (C=O) groups is 1. The van der Waals surface area contributed by atoms with Gasteiger partial charge in [0.15, 0.2) is 0 Å². The second-order valence-electron chi connectivity index (χ2n) is 4.23. The van der Waals surface area contributed by atoms with E-state index in [4.69, 9.17) is 4.74 Å². The normalized spacial score (nSPS) is 14.5. The summed E-state index contributed by atoms with van der Waals surface area (Å²) in [6.45, 7) is 1.79. The van der Waals surface area contributed by atoms with Crippen LogP contribution < -0.4 is 0 Å². The lowest BCUT2D eigenvalue weighted by Gasteiger charge is -2.04. The maximum absolute atomic E-state index is 11.8. The lowest BCUT2D eigenvalue weighted by atomic mass is 10.1. The SMILES string of the molecule is CC(=CCc1ccccc1)C(=O)OC1=CC=CC1. The molecule has 0 radical (unpaired) electrons. The van der Waals surface area contributed by atoms with Gasteiger partial charge in [0.25, 0.3) is 0 Å². The molecule has 1 aromatic rings. The lowest BCUT2D eigenvalue weighted by molar-refractivity contribution is -0.135. The summed E-state index contributed by atoms with van der Waals surface area (Å²) < 4.78 is 5.25. The van der Waals surface area contributed by atoms with Crippen LogP contribution >= 0.6 is 0 Å². The molecule has 0 heterocycles. The predicted octanol–water partition coefficient (Wildman–Crippen LogP) is 3.56. The highest BCUT2D eigenvalue weighted by molar-refractivity contribution is 5.88. The molecule has 0 fully saturated rings. The highest BCUT2D eigenvalue weighted by Gasteiger charge is 2.09. The third-order valence-corrected chi connectivity index (χ3v) is 2.77. The van der Waals surface area contributed by atoms with Crippen molar-refractivity contribution in [1.29, 1.82) is 0 Å². The fraction of sp³-hybridized carbons (Fsp3) is 0.188.